The van der Waals surface area contributed by atoms with Crippen LogP contribution in [-0.4, -0.2) is 62.3 Å². The van der Waals surface area contributed by atoms with E-state index in [-0.39, 0.29) is 36.1 Å². The van der Waals surface area contributed by atoms with Gasteiger partial charge in [-0.25, -0.2) is 13.2 Å². The van der Waals surface area contributed by atoms with Crippen LogP contribution in [0.3, 0.4) is 0 Å². The van der Waals surface area contributed by atoms with Crippen molar-refractivity contribution in [3.63, 3.8) is 0 Å². The van der Waals surface area contributed by atoms with Crippen molar-refractivity contribution in [2.45, 2.75) is 18.7 Å². The molecule has 1 amide bonds. The van der Waals surface area contributed by atoms with Gasteiger partial charge in [-0.15, -0.1) is 0 Å². The summed E-state index contributed by atoms with van der Waals surface area (Å²) in [5.41, 5.74) is 0.282. The van der Waals surface area contributed by atoms with Gasteiger partial charge in [0.15, 0.2) is 0 Å². The van der Waals surface area contributed by atoms with Gasteiger partial charge in [0.25, 0.3) is 0 Å². The normalized spacial score (nSPS) is 16.0. The monoisotopic (exact) mass is 418 g/mol. The van der Waals surface area contributed by atoms with Crippen molar-refractivity contribution in [1.29, 1.82) is 0 Å². The fourth-order valence-electron chi connectivity index (χ4n) is 2.43. The minimum atomic E-state index is -3.70. The summed E-state index contributed by atoms with van der Waals surface area (Å²) in [4.78, 5) is 24.8. The van der Waals surface area contributed by atoms with Crippen LogP contribution < -0.4 is 0 Å². The second-order valence-corrected chi connectivity index (χ2v) is 8.04. The number of hydrogen-bond acceptors (Lipinski definition) is 5. The number of sulfonamides is 1. The van der Waals surface area contributed by atoms with Crippen molar-refractivity contribution < 1.29 is 22.7 Å². The van der Waals surface area contributed by atoms with Crippen LogP contribution in [0, 0.1) is 0 Å². The summed E-state index contributed by atoms with van der Waals surface area (Å²) in [6.45, 7) is 4.64. The second-order valence-electron chi connectivity index (χ2n) is 5.28. The molecule has 1 aliphatic heterocycles. The molecule has 0 bridgehead atoms. The topological polar surface area (TPSA) is 84.0 Å². The number of hydrogen-bond donors (Lipinski definition) is 0. The van der Waals surface area contributed by atoms with E-state index < -0.39 is 16.0 Å². The van der Waals surface area contributed by atoms with Gasteiger partial charge in [0.1, 0.15) is 0 Å². The minimum absolute atomic E-state index is 0.0629. The number of amides is 1. The first kappa shape index (κ1) is 18.9. The van der Waals surface area contributed by atoms with Gasteiger partial charge in [0.2, 0.25) is 15.9 Å². The molecule has 24 heavy (non-hydrogen) atoms. The Bertz CT molecular complexity index is 742. The first-order valence-electron chi connectivity index (χ1n) is 7.49. The predicted octanol–water partition coefficient (Wildman–Crippen LogP) is 1.48. The van der Waals surface area contributed by atoms with Gasteiger partial charge < -0.3 is 9.64 Å². The van der Waals surface area contributed by atoms with Crippen molar-refractivity contribution in [3.05, 3.63) is 28.2 Å². The van der Waals surface area contributed by atoms with E-state index in [2.05, 4.69) is 15.9 Å². The van der Waals surface area contributed by atoms with Gasteiger partial charge in [-0.05, 0) is 41.1 Å². The third-order valence-electron chi connectivity index (χ3n) is 3.74. The van der Waals surface area contributed by atoms with E-state index >= 15 is 0 Å². The van der Waals surface area contributed by atoms with Crippen LogP contribution in [0.2, 0.25) is 0 Å². The molecular formula is C15H19BrN2O5S. The van der Waals surface area contributed by atoms with Gasteiger partial charge in [0, 0.05) is 37.6 Å². The largest absolute Gasteiger partial charge is 0.462 e. The second kappa shape index (κ2) is 7.62. The molecule has 1 fully saturated rings. The molecule has 0 unspecified atom stereocenters. The van der Waals surface area contributed by atoms with Crippen LogP contribution >= 0.6 is 15.9 Å². The molecule has 0 atom stereocenters. The zero-order valence-corrected chi connectivity index (χ0v) is 15.9. The van der Waals surface area contributed by atoms with E-state index in [4.69, 9.17) is 4.74 Å². The maximum atomic E-state index is 12.8. The molecule has 1 aromatic rings. The lowest BCUT2D eigenvalue weighted by atomic mass is 10.2. The molecule has 1 aromatic carbocycles. The van der Waals surface area contributed by atoms with Crippen LogP contribution in [0.1, 0.15) is 24.2 Å². The molecule has 7 nitrogen and oxygen atoms in total. The number of piperazine rings is 1. The molecule has 0 spiro atoms. The fourth-order valence-corrected chi connectivity index (χ4v) is 4.89. The first-order chi connectivity index (χ1) is 11.3. The average Bonchev–Trinajstić information content (AvgIpc) is 2.54. The molecule has 1 aliphatic rings. The SMILES string of the molecule is CCOC(=O)c1ccc(S(=O)(=O)N2CCN(C(C)=O)CC2)c(Br)c1. The van der Waals surface area contributed by atoms with Crippen molar-refractivity contribution >= 4 is 37.8 Å². The number of ether oxygens (including phenoxy) is 1. The zero-order chi connectivity index (χ0) is 17.9. The van der Waals surface area contributed by atoms with Crippen LogP contribution in [-0.2, 0) is 19.6 Å². The van der Waals surface area contributed by atoms with E-state index in [9.17, 15) is 18.0 Å². The summed E-state index contributed by atoms with van der Waals surface area (Å²) in [7, 11) is -3.70. The van der Waals surface area contributed by atoms with Gasteiger partial charge in [-0.1, -0.05) is 0 Å². The molecule has 0 aliphatic carbocycles. The number of halogens is 1. The van der Waals surface area contributed by atoms with Gasteiger partial charge >= 0.3 is 5.97 Å². The van der Waals surface area contributed by atoms with Gasteiger partial charge in [-0.2, -0.15) is 4.31 Å². The third kappa shape index (κ3) is 3.96. The summed E-state index contributed by atoms with van der Waals surface area (Å²) < 4.78 is 32.1. The molecular weight excluding hydrogens is 400 g/mol. The number of benzene rings is 1. The van der Waals surface area contributed by atoms with Crippen LogP contribution in [0.4, 0.5) is 0 Å². The van der Waals surface area contributed by atoms with Crippen molar-refractivity contribution in [1.82, 2.24) is 9.21 Å². The van der Waals surface area contributed by atoms with Gasteiger partial charge in [-0.3, -0.25) is 4.79 Å². The number of nitrogens with zero attached hydrogens (tertiary/aromatic N) is 2. The van der Waals surface area contributed by atoms with E-state index in [0.717, 1.165) is 0 Å². The highest BCUT2D eigenvalue weighted by atomic mass is 79.9. The molecule has 132 valence electrons. The number of esters is 1. The van der Waals surface area contributed by atoms with E-state index in [1.165, 1.54) is 29.4 Å². The Morgan fingerprint density at radius 2 is 1.83 bits per heavy atom. The van der Waals surface area contributed by atoms with Crippen LogP contribution in [0.15, 0.2) is 27.6 Å². The molecule has 0 N–H and O–H groups in total. The Hall–Kier alpha value is -1.45. The molecule has 0 radical (unpaired) electrons. The number of carbonyl (C=O) groups excluding carboxylic acids is 2. The minimum Gasteiger partial charge on any atom is -0.462 e. The fraction of sp³-hybridized carbons (Fsp3) is 0.467. The summed E-state index contributed by atoms with van der Waals surface area (Å²) in [6, 6.07) is 4.27. The highest BCUT2D eigenvalue weighted by Crippen LogP contribution is 2.27. The van der Waals surface area contributed by atoms with E-state index in [1.54, 1.807) is 11.8 Å². The van der Waals surface area contributed by atoms with Gasteiger partial charge in [0.05, 0.1) is 17.1 Å². The van der Waals surface area contributed by atoms with E-state index in [1.807, 2.05) is 0 Å². The lowest BCUT2D eigenvalue weighted by molar-refractivity contribution is -0.129. The van der Waals surface area contributed by atoms with Crippen molar-refractivity contribution in [2.75, 3.05) is 32.8 Å². The third-order valence-corrected chi connectivity index (χ3v) is 6.62. The molecule has 2 rings (SSSR count). The summed E-state index contributed by atoms with van der Waals surface area (Å²) >= 11 is 3.23. The predicted molar refractivity (Wildman–Crippen MR) is 91.1 cm³/mol. The van der Waals surface area contributed by atoms with E-state index in [0.29, 0.717) is 17.6 Å². The Morgan fingerprint density at radius 3 is 2.33 bits per heavy atom. The molecule has 9 heteroatoms. The summed E-state index contributed by atoms with van der Waals surface area (Å²) in [5.74, 6) is -0.566. The highest BCUT2D eigenvalue weighted by Gasteiger charge is 2.30. The molecule has 0 saturated carbocycles. The number of carbonyl (C=O) groups is 2. The molecule has 1 heterocycles. The lowest BCUT2D eigenvalue weighted by Crippen LogP contribution is -2.49. The Balaban J connectivity index is 2.21. The molecule has 0 aromatic heterocycles. The highest BCUT2D eigenvalue weighted by molar-refractivity contribution is 9.10. The van der Waals surface area contributed by atoms with Crippen LogP contribution in [0.5, 0.6) is 0 Å². The summed E-state index contributed by atoms with van der Waals surface area (Å²) in [5, 5.41) is 0. The average molecular weight is 419 g/mol. The first-order valence-corrected chi connectivity index (χ1v) is 9.73. The Kier molecular flexibility index (Phi) is 6.00. The maximum absolute atomic E-state index is 12.8. The smallest absolute Gasteiger partial charge is 0.338 e. The quantitative estimate of drug-likeness (QED) is 0.691. The standard InChI is InChI=1S/C15H19BrN2O5S/c1-3-23-15(20)12-4-5-14(13(16)10-12)24(21,22)18-8-6-17(7-9-18)11(2)19/h4-5,10H,3,6-9H2,1-2H3. The summed E-state index contributed by atoms with van der Waals surface area (Å²) in [6.07, 6.45) is 0. The van der Waals surface area contributed by atoms with Crippen LogP contribution in [0.25, 0.3) is 0 Å². The number of rotatable bonds is 4. The molecule has 1 saturated heterocycles. The maximum Gasteiger partial charge on any atom is 0.338 e. The lowest BCUT2D eigenvalue weighted by Gasteiger charge is -2.33. The van der Waals surface area contributed by atoms with Crippen molar-refractivity contribution in [2.24, 2.45) is 0 Å². The zero-order valence-electron chi connectivity index (χ0n) is 13.5. The Labute approximate surface area is 149 Å². The van der Waals surface area contributed by atoms with Crippen molar-refractivity contribution in [3.8, 4) is 0 Å². The Morgan fingerprint density at radius 1 is 1.21 bits per heavy atom.